The summed E-state index contributed by atoms with van der Waals surface area (Å²) in [5.41, 5.74) is -3.67. The van der Waals surface area contributed by atoms with Gasteiger partial charge in [-0.2, -0.15) is 26.3 Å². The predicted octanol–water partition coefficient (Wildman–Crippen LogP) is 5.13. The van der Waals surface area contributed by atoms with Crippen molar-refractivity contribution >= 4 is 8.32 Å². The molecule has 1 aromatic carbocycles. The molecule has 1 heterocycles. The number of halogens is 6. The van der Waals surface area contributed by atoms with Gasteiger partial charge >= 0.3 is 12.4 Å². The normalized spacial score (nSPS) is 22.2. The second-order valence-corrected chi connectivity index (χ2v) is 10.5. The first-order valence-corrected chi connectivity index (χ1v) is 10.0. The van der Waals surface area contributed by atoms with E-state index in [0.29, 0.717) is 0 Å². The lowest BCUT2D eigenvalue weighted by atomic mass is 9.89. The summed E-state index contributed by atoms with van der Waals surface area (Å²) in [5, 5.41) is 0. The van der Waals surface area contributed by atoms with E-state index in [-0.39, 0.29) is 6.08 Å². The predicted molar refractivity (Wildman–Crippen MR) is 73.4 cm³/mol. The van der Waals surface area contributed by atoms with Crippen LogP contribution >= 0.6 is 0 Å². The van der Waals surface area contributed by atoms with E-state index in [4.69, 9.17) is 4.43 Å². The van der Waals surface area contributed by atoms with Crippen LogP contribution in [-0.2, 0) is 10.0 Å². The molecule has 0 N–H and O–H groups in total. The van der Waals surface area contributed by atoms with Crippen molar-refractivity contribution in [2.75, 3.05) is 0 Å². The molecular formula is C14H14F6O2Si. The lowest BCUT2D eigenvalue weighted by molar-refractivity contribution is -0.242. The Bertz CT molecular complexity index is 629. The highest BCUT2D eigenvalue weighted by atomic mass is 28.4. The number of alkyl halides is 6. The van der Waals surface area contributed by atoms with Gasteiger partial charge in [-0.05, 0) is 25.7 Å². The third kappa shape index (κ3) is 3.40. The highest BCUT2D eigenvalue weighted by Crippen LogP contribution is 2.52. The van der Waals surface area contributed by atoms with E-state index < -0.39 is 43.3 Å². The molecule has 0 aliphatic carbocycles. The second-order valence-electron chi connectivity index (χ2n) is 6.05. The van der Waals surface area contributed by atoms with E-state index >= 15 is 0 Å². The zero-order chi connectivity index (χ0) is 17.7. The van der Waals surface area contributed by atoms with Crippen LogP contribution in [0.4, 0.5) is 26.3 Å². The van der Waals surface area contributed by atoms with Crippen molar-refractivity contribution in [3.63, 3.8) is 0 Å². The Morgan fingerprint density at radius 2 is 1.57 bits per heavy atom. The highest BCUT2D eigenvalue weighted by Gasteiger charge is 2.62. The van der Waals surface area contributed by atoms with Crippen molar-refractivity contribution in [2.45, 2.75) is 37.6 Å². The van der Waals surface area contributed by atoms with Crippen LogP contribution in [0, 0.1) is 0 Å². The van der Waals surface area contributed by atoms with Gasteiger partial charge in [0.2, 0.25) is 11.4 Å². The van der Waals surface area contributed by atoms with Crippen molar-refractivity contribution in [1.82, 2.24) is 0 Å². The number of hydrogen-bond donors (Lipinski definition) is 0. The van der Waals surface area contributed by atoms with Gasteiger partial charge in [-0.1, -0.05) is 18.2 Å². The number of hydrogen-bond acceptors (Lipinski definition) is 2. The van der Waals surface area contributed by atoms with Gasteiger partial charge in [-0.25, -0.2) is 0 Å². The van der Waals surface area contributed by atoms with E-state index in [1.54, 1.807) is 0 Å². The zero-order valence-corrected chi connectivity index (χ0v) is 13.5. The van der Waals surface area contributed by atoms with Crippen molar-refractivity contribution in [2.24, 2.45) is 0 Å². The van der Waals surface area contributed by atoms with Crippen LogP contribution in [0.2, 0.25) is 19.6 Å². The maximum absolute atomic E-state index is 13.8. The van der Waals surface area contributed by atoms with Gasteiger partial charge in [0.15, 0.2) is 8.32 Å². The van der Waals surface area contributed by atoms with Crippen LogP contribution in [0.3, 0.4) is 0 Å². The fourth-order valence-electron chi connectivity index (χ4n) is 2.27. The molecule has 0 amide bonds. The molecule has 1 aromatic rings. The summed E-state index contributed by atoms with van der Waals surface area (Å²) in [4.78, 5) is 0. The molecule has 0 saturated carbocycles. The largest absolute Gasteiger partial charge is 0.452 e. The number of allylic oxidation sites excluding steroid dienone is 1. The van der Waals surface area contributed by atoms with E-state index in [1.807, 2.05) is 0 Å². The van der Waals surface area contributed by atoms with Crippen LogP contribution < -0.4 is 4.74 Å². The monoisotopic (exact) mass is 356 g/mol. The molecule has 1 aliphatic rings. The topological polar surface area (TPSA) is 18.5 Å². The number of fused-ring (bicyclic) bond motifs is 1. The fourth-order valence-corrected chi connectivity index (χ4v) is 3.52. The first-order chi connectivity index (χ1) is 10.3. The Balaban J connectivity index is 2.77. The van der Waals surface area contributed by atoms with E-state index in [9.17, 15) is 26.3 Å². The van der Waals surface area contributed by atoms with E-state index in [2.05, 4.69) is 4.74 Å². The van der Waals surface area contributed by atoms with Crippen molar-refractivity contribution < 1.29 is 35.5 Å². The van der Waals surface area contributed by atoms with Crippen molar-refractivity contribution in [1.29, 1.82) is 0 Å². The maximum Gasteiger partial charge on any atom is 0.449 e. The molecule has 0 spiro atoms. The van der Waals surface area contributed by atoms with Gasteiger partial charge in [0.05, 0.1) is 0 Å². The zero-order valence-electron chi connectivity index (χ0n) is 12.5. The average molecular weight is 356 g/mol. The summed E-state index contributed by atoms with van der Waals surface area (Å²) >= 11 is 0. The number of benzene rings is 1. The van der Waals surface area contributed by atoms with Crippen LogP contribution in [0.15, 0.2) is 36.1 Å². The minimum atomic E-state index is -5.08. The van der Waals surface area contributed by atoms with Gasteiger partial charge in [0, 0.05) is 11.6 Å². The minimum absolute atomic E-state index is 0.00637. The highest BCUT2D eigenvalue weighted by molar-refractivity contribution is 6.69. The van der Waals surface area contributed by atoms with E-state index in [0.717, 1.165) is 12.1 Å². The molecular weight excluding hydrogens is 342 g/mol. The fraction of sp³-hybridized carbons (Fsp3) is 0.429. The standard InChI is InChI=1S/C14H14F6O2Si/c1-23(2,3)22-12(14(18,19)20)8-11(13(15,16)17)21-10-7-5-4-6-9(10)12/h4-8H,1-3H3. The lowest BCUT2D eigenvalue weighted by Crippen LogP contribution is -2.51. The van der Waals surface area contributed by atoms with Gasteiger partial charge in [-0.15, -0.1) is 0 Å². The van der Waals surface area contributed by atoms with Gasteiger partial charge in [0.25, 0.3) is 0 Å². The average Bonchev–Trinajstić information content (AvgIpc) is 2.34. The van der Waals surface area contributed by atoms with Crippen molar-refractivity contribution in [3.05, 3.63) is 41.7 Å². The molecule has 0 radical (unpaired) electrons. The van der Waals surface area contributed by atoms with Gasteiger partial charge < -0.3 is 9.16 Å². The third-order valence-corrected chi connectivity index (χ3v) is 3.94. The third-order valence-electron chi connectivity index (χ3n) is 3.01. The summed E-state index contributed by atoms with van der Waals surface area (Å²) in [6.07, 6.45) is -10.1. The molecule has 0 saturated heterocycles. The van der Waals surface area contributed by atoms with Crippen LogP contribution in [0.5, 0.6) is 5.75 Å². The Morgan fingerprint density at radius 1 is 1.00 bits per heavy atom. The summed E-state index contributed by atoms with van der Waals surface area (Å²) in [6.45, 7) is 4.42. The van der Waals surface area contributed by atoms with E-state index in [1.165, 1.54) is 31.8 Å². The van der Waals surface area contributed by atoms with Crippen LogP contribution in [0.1, 0.15) is 5.56 Å². The summed E-state index contributed by atoms with van der Waals surface area (Å²) in [7, 11) is -2.87. The van der Waals surface area contributed by atoms with Crippen LogP contribution in [-0.4, -0.2) is 20.7 Å². The van der Waals surface area contributed by atoms with Gasteiger partial charge in [-0.3, -0.25) is 0 Å². The minimum Gasteiger partial charge on any atom is -0.452 e. The summed E-state index contributed by atoms with van der Waals surface area (Å²) in [5.74, 6) is -2.25. The first kappa shape index (κ1) is 17.9. The summed E-state index contributed by atoms with van der Waals surface area (Å²) in [6, 6.07) is 4.71. The molecule has 23 heavy (non-hydrogen) atoms. The quantitative estimate of drug-likeness (QED) is 0.540. The Morgan fingerprint density at radius 3 is 2.04 bits per heavy atom. The lowest BCUT2D eigenvalue weighted by Gasteiger charge is -2.41. The molecule has 2 rings (SSSR count). The van der Waals surface area contributed by atoms with Crippen LogP contribution in [0.25, 0.3) is 0 Å². The maximum atomic E-state index is 13.8. The Labute approximate surface area is 129 Å². The molecule has 1 atom stereocenters. The molecule has 0 bridgehead atoms. The SMILES string of the molecule is C[Si](C)(C)OC1(C(F)(F)F)C=C(C(F)(F)F)Oc2ccccc21. The number of rotatable bonds is 2. The number of ether oxygens (including phenoxy) is 1. The Hall–Kier alpha value is -1.48. The molecule has 1 unspecified atom stereocenters. The first-order valence-electron chi connectivity index (χ1n) is 6.61. The second kappa shape index (κ2) is 5.27. The molecule has 2 nitrogen and oxygen atoms in total. The molecule has 128 valence electrons. The molecule has 0 aromatic heterocycles. The molecule has 9 heteroatoms. The van der Waals surface area contributed by atoms with Crippen molar-refractivity contribution in [3.8, 4) is 5.75 Å². The molecule has 1 aliphatic heterocycles. The smallest absolute Gasteiger partial charge is 0.449 e. The molecule has 0 fully saturated rings. The Kier molecular flexibility index (Phi) is 4.09. The summed E-state index contributed by atoms with van der Waals surface area (Å²) < 4.78 is 90.2. The number of para-hydroxylation sites is 1. The van der Waals surface area contributed by atoms with Gasteiger partial charge in [0.1, 0.15) is 5.75 Å².